The minimum absolute atomic E-state index is 0.538. The Morgan fingerprint density at radius 3 is 2.47 bits per heavy atom. The number of tetrazole rings is 1. The van der Waals surface area contributed by atoms with E-state index in [1.165, 1.54) is 12.8 Å². The number of alkyl halides is 3. The Morgan fingerprint density at radius 1 is 1.13 bits per heavy atom. The fourth-order valence-corrected chi connectivity index (χ4v) is 3.58. The normalized spacial score (nSPS) is 20.1. The van der Waals surface area contributed by atoms with E-state index < -0.39 is 12.1 Å². The standard InChI is InChI=1S/C15H16N8.C2HF3O2/c1-5-13(23-9-16-20-21-23)6-2-10(1)15-19-18-14-7-11-3-4-12(17-11)8-22(14)15;3-2(4,5)1(6)7/h1-2,5-6,9,11-12,17H,3-4,7-8H2;(H,6,7). The molecular formula is C17H17F3N8O2. The number of aromatic nitrogens is 7. The summed E-state index contributed by atoms with van der Waals surface area (Å²) in [7, 11) is 0. The Balaban J connectivity index is 0.000000272. The number of nitrogens with one attached hydrogen (secondary N) is 1. The maximum Gasteiger partial charge on any atom is 0.490 e. The van der Waals surface area contributed by atoms with Crippen LogP contribution in [0.2, 0.25) is 0 Å². The molecule has 0 aliphatic carbocycles. The van der Waals surface area contributed by atoms with E-state index in [4.69, 9.17) is 9.90 Å². The molecule has 1 fully saturated rings. The molecule has 2 aromatic heterocycles. The Bertz CT molecular complexity index is 1020. The summed E-state index contributed by atoms with van der Waals surface area (Å²) in [6.07, 6.45) is -0.0554. The number of halogens is 3. The Labute approximate surface area is 167 Å². The second kappa shape index (κ2) is 7.82. The number of fused-ring (bicyclic) bond motifs is 3. The number of nitrogens with zero attached hydrogens (tertiary/aromatic N) is 7. The minimum Gasteiger partial charge on any atom is -0.475 e. The van der Waals surface area contributed by atoms with Gasteiger partial charge in [0.05, 0.1) is 5.69 Å². The molecule has 2 aliphatic heterocycles. The summed E-state index contributed by atoms with van der Waals surface area (Å²) in [5.41, 5.74) is 1.99. The third-order valence-corrected chi connectivity index (χ3v) is 4.98. The van der Waals surface area contributed by atoms with E-state index in [0.29, 0.717) is 12.1 Å². The van der Waals surface area contributed by atoms with Gasteiger partial charge < -0.3 is 15.0 Å². The molecule has 3 aromatic rings. The predicted octanol–water partition coefficient (Wildman–Crippen LogP) is 1.23. The monoisotopic (exact) mass is 422 g/mol. The van der Waals surface area contributed by atoms with Crippen LogP contribution in [0.15, 0.2) is 30.6 Å². The first-order valence-electron chi connectivity index (χ1n) is 9.13. The van der Waals surface area contributed by atoms with Gasteiger partial charge in [-0.05, 0) is 47.5 Å². The largest absolute Gasteiger partial charge is 0.490 e. The second-order valence-electron chi connectivity index (χ2n) is 7.00. The van der Waals surface area contributed by atoms with Gasteiger partial charge in [-0.15, -0.1) is 15.3 Å². The first-order valence-corrected chi connectivity index (χ1v) is 9.13. The third kappa shape index (κ3) is 4.15. The van der Waals surface area contributed by atoms with Gasteiger partial charge in [0.15, 0.2) is 5.82 Å². The number of rotatable bonds is 2. The molecule has 0 spiro atoms. The molecule has 13 heteroatoms. The number of hydrogen-bond donors (Lipinski definition) is 2. The van der Waals surface area contributed by atoms with Crippen LogP contribution in [0.3, 0.4) is 0 Å². The van der Waals surface area contributed by atoms with E-state index in [-0.39, 0.29) is 0 Å². The molecule has 4 heterocycles. The van der Waals surface area contributed by atoms with Gasteiger partial charge in [-0.1, -0.05) is 0 Å². The van der Waals surface area contributed by atoms with Gasteiger partial charge in [0.1, 0.15) is 12.2 Å². The number of carboxylic acids is 1. The summed E-state index contributed by atoms with van der Waals surface area (Å²) in [5.74, 6) is -0.727. The average Bonchev–Trinajstić information content (AvgIpc) is 3.43. The van der Waals surface area contributed by atoms with E-state index in [1.54, 1.807) is 11.0 Å². The first-order chi connectivity index (χ1) is 14.3. The molecule has 2 unspecified atom stereocenters. The van der Waals surface area contributed by atoms with Crippen molar-refractivity contribution in [2.45, 2.75) is 44.1 Å². The van der Waals surface area contributed by atoms with Crippen LogP contribution in [0, 0.1) is 0 Å². The summed E-state index contributed by atoms with van der Waals surface area (Å²) >= 11 is 0. The average molecular weight is 422 g/mol. The van der Waals surface area contributed by atoms with Crippen LogP contribution in [-0.2, 0) is 17.8 Å². The molecule has 10 nitrogen and oxygen atoms in total. The zero-order valence-electron chi connectivity index (χ0n) is 15.5. The lowest BCUT2D eigenvalue weighted by Crippen LogP contribution is -2.30. The van der Waals surface area contributed by atoms with Crippen LogP contribution in [0.5, 0.6) is 0 Å². The van der Waals surface area contributed by atoms with Crippen molar-refractivity contribution in [2.24, 2.45) is 0 Å². The first kappa shape index (κ1) is 19.9. The van der Waals surface area contributed by atoms with Crippen molar-refractivity contribution in [3.63, 3.8) is 0 Å². The zero-order chi connectivity index (χ0) is 21.3. The minimum atomic E-state index is -5.08. The summed E-state index contributed by atoms with van der Waals surface area (Å²) in [5, 5.41) is 30.9. The lowest BCUT2D eigenvalue weighted by molar-refractivity contribution is -0.192. The summed E-state index contributed by atoms with van der Waals surface area (Å²) in [6.45, 7) is 0.947. The molecule has 5 rings (SSSR count). The van der Waals surface area contributed by atoms with E-state index in [1.807, 2.05) is 24.3 Å². The lowest BCUT2D eigenvalue weighted by atomic mass is 10.1. The molecule has 1 aromatic carbocycles. The molecular weight excluding hydrogens is 405 g/mol. The third-order valence-electron chi connectivity index (χ3n) is 4.98. The molecule has 158 valence electrons. The van der Waals surface area contributed by atoms with Crippen molar-refractivity contribution in [3.05, 3.63) is 36.4 Å². The van der Waals surface area contributed by atoms with Crippen LogP contribution in [0.1, 0.15) is 18.7 Å². The zero-order valence-corrected chi connectivity index (χ0v) is 15.5. The van der Waals surface area contributed by atoms with Gasteiger partial charge in [0.2, 0.25) is 0 Å². The van der Waals surface area contributed by atoms with Crippen molar-refractivity contribution >= 4 is 5.97 Å². The van der Waals surface area contributed by atoms with Gasteiger partial charge in [-0.25, -0.2) is 9.48 Å². The topological polar surface area (TPSA) is 124 Å². The molecule has 2 aliphatic rings. The fourth-order valence-electron chi connectivity index (χ4n) is 3.58. The fraction of sp³-hybridized carbons (Fsp3) is 0.412. The van der Waals surface area contributed by atoms with E-state index in [0.717, 1.165) is 35.9 Å². The molecule has 2 bridgehead atoms. The Kier molecular flexibility index (Phi) is 5.20. The Hall–Kier alpha value is -3.35. The summed E-state index contributed by atoms with van der Waals surface area (Å²) in [6, 6.07) is 9.18. The van der Waals surface area contributed by atoms with E-state index in [9.17, 15) is 13.2 Å². The molecule has 1 saturated heterocycles. The Morgan fingerprint density at radius 2 is 1.83 bits per heavy atom. The summed E-state index contributed by atoms with van der Waals surface area (Å²) < 4.78 is 35.6. The van der Waals surface area contributed by atoms with Crippen LogP contribution < -0.4 is 5.32 Å². The van der Waals surface area contributed by atoms with Crippen molar-refractivity contribution in [1.82, 2.24) is 40.3 Å². The highest BCUT2D eigenvalue weighted by molar-refractivity contribution is 5.73. The highest BCUT2D eigenvalue weighted by Gasteiger charge is 2.38. The number of benzene rings is 1. The van der Waals surface area contributed by atoms with Crippen LogP contribution >= 0.6 is 0 Å². The van der Waals surface area contributed by atoms with Crippen molar-refractivity contribution < 1.29 is 23.1 Å². The maximum absolute atomic E-state index is 10.6. The SMILES string of the molecule is O=C(O)C(F)(F)F.c1cc(-n2cnnn2)ccc1-c1nnc2n1CC1CCC(C2)N1. The van der Waals surface area contributed by atoms with Gasteiger partial charge in [-0.3, -0.25) is 0 Å². The van der Waals surface area contributed by atoms with Gasteiger partial charge >= 0.3 is 12.1 Å². The maximum atomic E-state index is 10.6. The molecule has 0 radical (unpaired) electrons. The molecule has 2 N–H and O–H groups in total. The van der Waals surface area contributed by atoms with Gasteiger partial charge in [0.25, 0.3) is 0 Å². The van der Waals surface area contributed by atoms with E-state index in [2.05, 4.69) is 35.6 Å². The number of carbonyl (C=O) groups is 1. The lowest BCUT2D eigenvalue weighted by Gasteiger charge is -2.13. The summed E-state index contributed by atoms with van der Waals surface area (Å²) in [4.78, 5) is 8.90. The van der Waals surface area contributed by atoms with Crippen LogP contribution in [-0.4, -0.2) is 64.3 Å². The second-order valence-corrected chi connectivity index (χ2v) is 7.00. The molecule has 0 amide bonds. The van der Waals surface area contributed by atoms with Crippen molar-refractivity contribution in [3.8, 4) is 17.1 Å². The smallest absolute Gasteiger partial charge is 0.475 e. The number of carboxylic acid groups (broad SMARTS) is 1. The van der Waals surface area contributed by atoms with Crippen LogP contribution in [0.4, 0.5) is 13.2 Å². The molecule has 30 heavy (non-hydrogen) atoms. The van der Waals surface area contributed by atoms with Crippen molar-refractivity contribution in [2.75, 3.05) is 0 Å². The van der Waals surface area contributed by atoms with Crippen molar-refractivity contribution in [1.29, 1.82) is 0 Å². The number of aliphatic carboxylic acids is 1. The van der Waals surface area contributed by atoms with Crippen LogP contribution in [0.25, 0.3) is 17.1 Å². The predicted molar refractivity (Wildman–Crippen MR) is 95.5 cm³/mol. The number of hydrogen-bond acceptors (Lipinski definition) is 7. The highest BCUT2D eigenvalue weighted by atomic mass is 19.4. The van der Waals surface area contributed by atoms with E-state index >= 15 is 0 Å². The van der Waals surface area contributed by atoms with Gasteiger partial charge in [0, 0.05) is 30.6 Å². The highest BCUT2D eigenvalue weighted by Crippen LogP contribution is 2.27. The van der Waals surface area contributed by atoms with Gasteiger partial charge in [-0.2, -0.15) is 13.2 Å². The molecule has 2 atom stereocenters. The molecule has 0 saturated carbocycles. The quantitative estimate of drug-likeness (QED) is 0.632.